The van der Waals surface area contributed by atoms with Gasteiger partial charge in [0, 0.05) is 32.2 Å². The van der Waals surface area contributed by atoms with Crippen LogP contribution in [0.4, 0.5) is 10.6 Å². The van der Waals surface area contributed by atoms with Gasteiger partial charge >= 0.3 is 12.1 Å². The van der Waals surface area contributed by atoms with Gasteiger partial charge in [-0.05, 0) is 22.3 Å². The number of aliphatic carboxylic acids is 1. The highest BCUT2D eigenvalue weighted by molar-refractivity contribution is 6.02. The smallest absolute Gasteiger partial charge is 0.412 e. The average molecular weight is 464 g/mol. The maximum Gasteiger partial charge on any atom is 0.412 e. The van der Waals surface area contributed by atoms with E-state index >= 15 is 0 Å². The Kier molecular flexibility index (Phi) is 6.60. The molecule has 2 aromatic carbocycles. The molecule has 1 aromatic heterocycles. The number of aryl methyl sites for hydroxylation is 1. The summed E-state index contributed by atoms with van der Waals surface area (Å²) in [4.78, 5) is 36.4. The molecule has 1 heterocycles. The quantitative estimate of drug-likeness (QED) is 0.401. The molecule has 0 bridgehead atoms. The Balaban J connectivity index is 1.45. The second-order valence-electron chi connectivity index (χ2n) is 7.89. The topological polar surface area (TPSA) is 143 Å². The number of fused-ring (bicyclic) bond motifs is 3. The molecule has 1 atom stereocenters. The van der Waals surface area contributed by atoms with Crippen LogP contribution in [-0.2, 0) is 16.6 Å². The summed E-state index contributed by atoms with van der Waals surface area (Å²) in [6, 6.07) is 14.6. The highest BCUT2D eigenvalue weighted by Crippen LogP contribution is 2.44. The molecular formula is C24H24N4O6. The molecule has 0 fully saturated rings. The molecule has 34 heavy (non-hydrogen) atoms. The SMILES string of the molecule is Cn1cc(C(=O)NC(CCO)C(=O)O)c(NC(=O)OCC2c3ccccc3-c3ccccc32)n1. The minimum atomic E-state index is -1.28. The van der Waals surface area contributed by atoms with Crippen molar-refractivity contribution in [3.05, 3.63) is 71.4 Å². The second kappa shape index (κ2) is 9.75. The molecule has 0 saturated carbocycles. The molecule has 0 radical (unpaired) electrons. The van der Waals surface area contributed by atoms with Gasteiger partial charge in [-0.1, -0.05) is 48.5 Å². The first kappa shape index (κ1) is 23.0. The maximum atomic E-state index is 12.6. The third kappa shape index (κ3) is 4.62. The third-order valence-electron chi connectivity index (χ3n) is 5.66. The zero-order valence-electron chi connectivity index (χ0n) is 18.4. The summed E-state index contributed by atoms with van der Waals surface area (Å²) in [5.41, 5.74) is 4.31. The minimum Gasteiger partial charge on any atom is -0.480 e. The number of hydrogen-bond donors (Lipinski definition) is 4. The number of benzene rings is 2. The molecule has 0 spiro atoms. The molecule has 4 N–H and O–H groups in total. The summed E-state index contributed by atoms with van der Waals surface area (Å²) >= 11 is 0. The third-order valence-corrected chi connectivity index (χ3v) is 5.66. The van der Waals surface area contributed by atoms with E-state index in [0.717, 1.165) is 22.3 Å². The lowest BCUT2D eigenvalue weighted by Crippen LogP contribution is -2.41. The van der Waals surface area contributed by atoms with Crippen molar-refractivity contribution < 1.29 is 29.3 Å². The van der Waals surface area contributed by atoms with Crippen molar-refractivity contribution in [2.24, 2.45) is 7.05 Å². The van der Waals surface area contributed by atoms with Crippen LogP contribution in [0.2, 0.25) is 0 Å². The van der Waals surface area contributed by atoms with Crippen LogP contribution in [0.5, 0.6) is 0 Å². The molecule has 0 aliphatic heterocycles. The summed E-state index contributed by atoms with van der Waals surface area (Å²) in [7, 11) is 1.56. The van der Waals surface area contributed by atoms with E-state index in [4.69, 9.17) is 9.84 Å². The predicted molar refractivity (Wildman–Crippen MR) is 122 cm³/mol. The van der Waals surface area contributed by atoms with Gasteiger partial charge in [0.25, 0.3) is 5.91 Å². The van der Waals surface area contributed by atoms with Crippen LogP contribution in [0.25, 0.3) is 11.1 Å². The van der Waals surface area contributed by atoms with Gasteiger partial charge in [-0.25, -0.2) is 9.59 Å². The Labute approximate surface area is 195 Å². The van der Waals surface area contributed by atoms with Crippen LogP contribution in [0, 0.1) is 0 Å². The van der Waals surface area contributed by atoms with Crippen molar-refractivity contribution in [3.63, 3.8) is 0 Å². The number of ether oxygens (including phenoxy) is 1. The van der Waals surface area contributed by atoms with Crippen molar-refractivity contribution in [1.29, 1.82) is 0 Å². The van der Waals surface area contributed by atoms with E-state index in [-0.39, 0.29) is 30.3 Å². The standard InChI is InChI=1S/C24H24N4O6/c1-28-12-18(22(30)25-20(10-11-29)23(31)32)21(27-28)26-24(33)34-13-19-16-8-4-2-6-14(16)15-7-3-5-9-17(15)19/h2-9,12,19-20,29H,10-11,13H2,1H3,(H,25,30)(H,31,32)(H,26,27,33). The number of nitrogens with one attached hydrogen (secondary N) is 2. The zero-order chi connectivity index (χ0) is 24.2. The number of carboxylic acid groups (broad SMARTS) is 1. The number of aliphatic hydroxyl groups is 1. The van der Waals surface area contributed by atoms with E-state index < -0.39 is 30.6 Å². The van der Waals surface area contributed by atoms with Gasteiger partial charge in [-0.3, -0.25) is 14.8 Å². The Hall–Kier alpha value is -4.18. The molecule has 1 aliphatic carbocycles. The first-order valence-electron chi connectivity index (χ1n) is 10.7. The summed E-state index contributed by atoms with van der Waals surface area (Å²) in [6.07, 6.45) is 0.405. The highest BCUT2D eigenvalue weighted by atomic mass is 16.5. The van der Waals surface area contributed by atoms with E-state index in [2.05, 4.69) is 15.7 Å². The van der Waals surface area contributed by atoms with Crippen LogP contribution in [0.1, 0.15) is 33.8 Å². The molecule has 2 amide bonds. The van der Waals surface area contributed by atoms with E-state index in [0.29, 0.717) is 0 Å². The van der Waals surface area contributed by atoms with Gasteiger partial charge in [-0.15, -0.1) is 0 Å². The van der Waals surface area contributed by atoms with E-state index in [1.807, 2.05) is 48.5 Å². The normalized spacial score (nSPS) is 13.0. The molecule has 0 saturated heterocycles. The molecule has 1 unspecified atom stereocenters. The molecule has 4 rings (SSSR count). The van der Waals surface area contributed by atoms with Gasteiger partial charge < -0.3 is 20.3 Å². The van der Waals surface area contributed by atoms with Crippen LogP contribution in [0.3, 0.4) is 0 Å². The summed E-state index contributed by atoms with van der Waals surface area (Å²) in [6.45, 7) is -0.318. The van der Waals surface area contributed by atoms with Crippen molar-refractivity contribution in [2.75, 3.05) is 18.5 Å². The molecule has 176 valence electrons. The molecule has 1 aliphatic rings. The molecule has 3 aromatic rings. The average Bonchev–Trinajstić information content (AvgIpc) is 3.34. The lowest BCUT2D eigenvalue weighted by molar-refractivity contribution is -0.139. The maximum absolute atomic E-state index is 12.6. The predicted octanol–water partition coefficient (Wildman–Crippen LogP) is 2.35. The highest BCUT2D eigenvalue weighted by Gasteiger charge is 2.29. The van der Waals surface area contributed by atoms with Gasteiger partial charge in [0.15, 0.2) is 5.82 Å². The van der Waals surface area contributed by atoms with E-state index in [9.17, 15) is 19.5 Å². The number of aliphatic hydroxyl groups excluding tert-OH is 1. The number of carbonyl (C=O) groups is 3. The minimum absolute atomic E-state index is 0.0276. The fourth-order valence-electron chi connectivity index (χ4n) is 4.10. The number of hydrogen-bond acceptors (Lipinski definition) is 6. The fourth-order valence-corrected chi connectivity index (χ4v) is 4.10. The molecule has 10 nitrogen and oxygen atoms in total. The van der Waals surface area contributed by atoms with Crippen LogP contribution in [0.15, 0.2) is 54.7 Å². The van der Waals surface area contributed by atoms with Crippen LogP contribution < -0.4 is 10.6 Å². The van der Waals surface area contributed by atoms with Gasteiger partial charge in [0.1, 0.15) is 18.2 Å². The Morgan fingerprint density at radius 1 is 1.09 bits per heavy atom. The van der Waals surface area contributed by atoms with Gasteiger partial charge in [0.2, 0.25) is 0 Å². The number of carbonyl (C=O) groups excluding carboxylic acids is 2. The first-order valence-corrected chi connectivity index (χ1v) is 10.7. The van der Waals surface area contributed by atoms with Gasteiger partial charge in [-0.2, -0.15) is 5.10 Å². The number of amides is 2. The second-order valence-corrected chi connectivity index (χ2v) is 7.89. The van der Waals surface area contributed by atoms with E-state index in [1.54, 1.807) is 7.05 Å². The summed E-state index contributed by atoms with van der Waals surface area (Å²) in [5.74, 6) is -2.22. The number of rotatable bonds is 8. The number of aromatic nitrogens is 2. The zero-order valence-corrected chi connectivity index (χ0v) is 18.4. The lowest BCUT2D eigenvalue weighted by Gasteiger charge is -2.15. The Morgan fingerprint density at radius 3 is 2.29 bits per heavy atom. The summed E-state index contributed by atoms with van der Waals surface area (Å²) < 4.78 is 6.80. The van der Waals surface area contributed by atoms with Crippen molar-refractivity contribution in [2.45, 2.75) is 18.4 Å². The fraction of sp³-hybridized carbons (Fsp3) is 0.250. The lowest BCUT2D eigenvalue weighted by atomic mass is 9.98. The Bertz CT molecular complexity index is 1190. The summed E-state index contributed by atoms with van der Waals surface area (Å²) in [5, 5.41) is 27.1. The van der Waals surface area contributed by atoms with Crippen LogP contribution >= 0.6 is 0 Å². The number of carboxylic acids is 1. The molecular weight excluding hydrogens is 440 g/mol. The van der Waals surface area contributed by atoms with Crippen molar-refractivity contribution >= 4 is 23.8 Å². The number of anilines is 1. The van der Waals surface area contributed by atoms with Crippen molar-refractivity contribution in [1.82, 2.24) is 15.1 Å². The van der Waals surface area contributed by atoms with Crippen molar-refractivity contribution in [3.8, 4) is 11.1 Å². The molecule has 10 heteroatoms. The Morgan fingerprint density at radius 2 is 1.71 bits per heavy atom. The largest absolute Gasteiger partial charge is 0.480 e. The first-order chi connectivity index (χ1) is 16.4. The monoisotopic (exact) mass is 464 g/mol. The number of nitrogens with zero attached hydrogens (tertiary/aromatic N) is 2. The van der Waals surface area contributed by atoms with E-state index in [1.165, 1.54) is 10.9 Å². The van der Waals surface area contributed by atoms with Gasteiger partial charge in [0.05, 0.1) is 0 Å². The van der Waals surface area contributed by atoms with Crippen LogP contribution in [-0.4, -0.2) is 57.2 Å².